The van der Waals surface area contributed by atoms with E-state index in [-0.39, 0.29) is 23.7 Å². The molecule has 2 bridgehead atoms. The number of allylic oxidation sites excluding steroid dienone is 2. The second-order valence-corrected chi connectivity index (χ2v) is 6.94. The molecule has 1 saturated carbocycles. The Hall–Kier alpha value is -2.83. The first-order chi connectivity index (χ1) is 12.3. The number of carbonyl (C=O) groups excluding carboxylic acids is 2. The third-order valence-corrected chi connectivity index (χ3v) is 5.16. The topological polar surface area (TPSA) is 95.9 Å². The Kier molecular flexibility index (Phi) is 4.71. The second kappa shape index (κ2) is 6.82. The quantitative estimate of drug-likeness (QED) is 0.783. The van der Waals surface area contributed by atoms with Gasteiger partial charge in [0.2, 0.25) is 5.91 Å². The molecule has 0 radical (unpaired) electrons. The molecule has 1 aromatic carbocycles. The second-order valence-electron chi connectivity index (χ2n) is 6.94. The number of carboxylic acid groups (broad SMARTS) is 1. The van der Waals surface area contributed by atoms with Crippen LogP contribution in [0.4, 0.5) is 5.69 Å². The number of amides is 2. The Morgan fingerprint density at radius 3 is 2.38 bits per heavy atom. The van der Waals surface area contributed by atoms with E-state index in [9.17, 15) is 19.5 Å². The zero-order chi connectivity index (χ0) is 19.0. The number of carboxylic acids is 1. The largest absolute Gasteiger partial charge is 0.495 e. The van der Waals surface area contributed by atoms with Gasteiger partial charge in [0.1, 0.15) is 5.75 Å². The zero-order valence-electron chi connectivity index (χ0n) is 14.9. The Labute approximate surface area is 151 Å². The van der Waals surface area contributed by atoms with E-state index in [1.54, 1.807) is 32.3 Å². The Morgan fingerprint density at radius 2 is 1.81 bits per heavy atom. The smallest absolute Gasteiger partial charge is 0.307 e. The summed E-state index contributed by atoms with van der Waals surface area (Å²) in [4.78, 5) is 38.1. The van der Waals surface area contributed by atoms with E-state index in [0.29, 0.717) is 23.4 Å². The molecule has 1 aromatic rings. The summed E-state index contributed by atoms with van der Waals surface area (Å²) in [6.07, 6.45) is 4.51. The summed E-state index contributed by atoms with van der Waals surface area (Å²) >= 11 is 0. The summed E-state index contributed by atoms with van der Waals surface area (Å²) in [6, 6.07) is 4.79. The van der Waals surface area contributed by atoms with Crippen molar-refractivity contribution in [3.8, 4) is 5.75 Å². The lowest BCUT2D eigenvalue weighted by atomic mass is 9.82. The van der Waals surface area contributed by atoms with Crippen molar-refractivity contribution < 1.29 is 24.2 Å². The number of fused-ring (bicyclic) bond motifs is 2. The van der Waals surface area contributed by atoms with E-state index in [1.165, 1.54) is 12.0 Å². The highest BCUT2D eigenvalue weighted by Gasteiger charge is 2.51. The van der Waals surface area contributed by atoms with Gasteiger partial charge in [0.25, 0.3) is 5.91 Å². The Morgan fingerprint density at radius 1 is 1.15 bits per heavy atom. The number of hydrogen-bond acceptors (Lipinski definition) is 4. The highest BCUT2D eigenvalue weighted by Crippen LogP contribution is 2.48. The monoisotopic (exact) mass is 358 g/mol. The fourth-order valence-electron chi connectivity index (χ4n) is 3.93. The van der Waals surface area contributed by atoms with Crippen molar-refractivity contribution in [1.82, 2.24) is 4.90 Å². The molecule has 0 aromatic heterocycles. The van der Waals surface area contributed by atoms with Gasteiger partial charge in [-0.2, -0.15) is 0 Å². The van der Waals surface area contributed by atoms with Gasteiger partial charge in [-0.3, -0.25) is 14.4 Å². The minimum Gasteiger partial charge on any atom is -0.495 e. The predicted molar refractivity (Wildman–Crippen MR) is 95.0 cm³/mol. The van der Waals surface area contributed by atoms with E-state index < -0.39 is 17.8 Å². The Bertz CT molecular complexity index is 786. The number of nitrogens with one attached hydrogen (secondary N) is 1. The first-order valence-electron chi connectivity index (χ1n) is 8.45. The molecule has 4 atom stereocenters. The van der Waals surface area contributed by atoms with Crippen molar-refractivity contribution in [2.45, 2.75) is 6.42 Å². The number of rotatable bonds is 5. The number of aliphatic carboxylic acids is 1. The molecule has 0 aliphatic heterocycles. The van der Waals surface area contributed by atoms with Gasteiger partial charge in [0.15, 0.2) is 0 Å². The van der Waals surface area contributed by atoms with Crippen LogP contribution in [0, 0.1) is 23.7 Å². The molecule has 0 spiro atoms. The number of benzene rings is 1. The molecule has 0 unspecified atom stereocenters. The molecule has 0 saturated heterocycles. The number of anilines is 1. The SMILES string of the molecule is COc1ccc(C(=O)N(C)C)cc1NC(=O)[C@@H]1[C@@H](C(=O)O)[C@H]2C=C[C@H]1C2. The van der Waals surface area contributed by atoms with Crippen LogP contribution in [0.25, 0.3) is 0 Å². The predicted octanol–water partition coefficient (Wildman–Crippen LogP) is 1.86. The summed E-state index contributed by atoms with van der Waals surface area (Å²) in [5.74, 6) is -2.61. The normalized spacial score (nSPS) is 25.8. The summed E-state index contributed by atoms with van der Waals surface area (Å²) in [7, 11) is 4.76. The highest BCUT2D eigenvalue weighted by atomic mass is 16.5. The Balaban J connectivity index is 1.87. The number of carbonyl (C=O) groups is 3. The van der Waals surface area contributed by atoms with Gasteiger partial charge in [-0.25, -0.2) is 0 Å². The molecule has 7 heteroatoms. The molecular weight excluding hydrogens is 336 g/mol. The molecule has 0 heterocycles. The standard InChI is InChI=1S/C19H22N2O5/c1-21(2)18(23)12-6-7-14(26-3)13(9-12)20-17(22)15-10-4-5-11(8-10)16(15)19(24)25/h4-7,9-11,15-16H,8H2,1-3H3,(H,20,22)(H,24,25)/t10-,11-,15-,16-/m0/s1. The van der Waals surface area contributed by atoms with Crippen molar-refractivity contribution in [1.29, 1.82) is 0 Å². The van der Waals surface area contributed by atoms with Crippen LogP contribution in [0.2, 0.25) is 0 Å². The van der Waals surface area contributed by atoms with Crippen LogP contribution in [0.1, 0.15) is 16.8 Å². The van der Waals surface area contributed by atoms with Gasteiger partial charge in [0, 0.05) is 19.7 Å². The van der Waals surface area contributed by atoms with Crippen LogP contribution in [0.15, 0.2) is 30.4 Å². The van der Waals surface area contributed by atoms with Crippen LogP contribution in [-0.4, -0.2) is 49.0 Å². The number of hydrogen-bond donors (Lipinski definition) is 2. The van der Waals surface area contributed by atoms with E-state index in [0.717, 1.165) is 0 Å². The van der Waals surface area contributed by atoms with Gasteiger partial charge >= 0.3 is 5.97 Å². The first kappa shape index (κ1) is 18.0. The van der Waals surface area contributed by atoms with Crippen LogP contribution < -0.4 is 10.1 Å². The molecule has 2 N–H and O–H groups in total. The fourth-order valence-corrected chi connectivity index (χ4v) is 3.93. The number of nitrogens with zero attached hydrogens (tertiary/aromatic N) is 1. The maximum Gasteiger partial charge on any atom is 0.307 e. The van der Waals surface area contributed by atoms with Crippen molar-refractivity contribution in [2.24, 2.45) is 23.7 Å². The fraction of sp³-hybridized carbons (Fsp3) is 0.421. The third-order valence-electron chi connectivity index (χ3n) is 5.16. The van der Waals surface area contributed by atoms with Crippen molar-refractivity contribution >= 4 is 23.5 Å². The van der Waals surface area contributed by atoms with Gasteiger partial charge < -0.3 is 20.1 Å². The molecular formula is C19H22N2O5. The minimum absolute atomic E-state index is 0.0707. The average molecular weight is 358 g/mol. The van der Waals surface area contributed by atoms with Gasteiger partial charge in [-0.05, 0) is 36.5 Å². The van der Waals surface area contributed by atoms with Crippen molar-refractivity contribution in [3.63, 3.8) is 0 Å². The number of methoxy groups -OCH3 is 1. The molecule has 138 valence electrons. The maximum atomic E-state index is 12.8. The first-order valence-corrected chi connectivity index (χ1v) is 8.45. The molecule has 2 amide bonds. The van der Waals surface area contributed by atoms with Crippen molar-refractivity contribution in [3.05, 3.63) is 35.9 Å². The zero-order valence-corrected chi connectivity index (χ0v) is 14.9. The van der Waals surface area contributed by atoms with Crippen LogP contribution in [-0.2, 0) is 9.59 Å². The molecule has 3 rings (SSSR count). The van der Waals surface area contributed by atoms with Gasteiger partial charge in [-0.15, -0.1) is 0 Å². The summed E-state index contributed by atoms with van der Waals surface area (Å²) in [5, 5.41) is 12.3. The van der Waals surface area contributed by atoms with Crippen LogP contribution >= 0.6 is 0 Å². The summed E-state index contributed by atoms with van der Waals surface area (Å²) in [6.45, 7) is 0. The highest BCUT2D eigenvalue weighted by molar-refractivity contribution is 6.00. The molecule has 7 nitrogen and oxygen atoms in total. The van der Waals surface area contributed by atoms with Gasteiger partial charge in [-0.1, -0.05) is 12.2 Å². The van der Waals surface area contributed by atoms with E-state index in [2.05, 4.69) is 5.32 Å². The number of ether oxygens (including phenoxy) is 1. The van der Waals surface area contributed by atoms with Gasteiger partial charge in [0.05, 0.1) is 24.6 Å². The maximum absolute atomic E-state index is 12.8. The lowest BCUT2D eigenvalue weighted by molar-refractivity contribution is -0.146. The lowest BCUT2D eigenvalue weighted by Gasteiger charge is -2.24. The van der Waals surface area contributed by atoms with Crippen molar-refractivity contribution in [2.75, 3.05) is 26.5 Å². The van der Waals surface area contributed by atoms with E-state index >= 15 is 0 Å². The average Bonchev–Trinajstić information content (AvgIpc) is 3.22. The molecule has 2 aliphatic carbocycles. The minimum atomic E-state index is -0.953. The third kappa shape index (κ3) is 3.05. The molecule has 1 fully saturated rings. The van der Waals surface area contributed by atoms with Crippen LogP contribution in [0.3, 0.4) is 0 Å². The van der Waals surface area contributed by atoms with Crippen LogP contribution in [0.5, 0.6) is 5.75 Å². The van der Waals surface area contributed by atoms with E-state index in [4.69, 9.17) is 4.74 Å². The van der Waals surface area contributed by atoms with E-state index in [1.807, 2.05) is 12.2 Å². The molecule has 2 aliphatic rings. The summed E-state index contributed by atoms with van der Waals surface area (Å²) < 4.78 is 5.27. The lowest BCUT2D eigenvalue weighted by Crippen LogP contribution is -2.36. The summed E-state index contributed by atoms with van der Waals surface area (Å²) in [5.41, 5.74) is 0.773. The molecule has 26 heavy (non-hydrogen) atoms.